The molecule has 0 spiro atoms. The van der Waals surface area contributed by atoms with Gasteiger partial charge in [-0.25, -0.2) is 17.1 Å². The molecule has 6 nitrogen and oxygen atoms in total. The summed E-state index contributed by atoms with van der Waals surface area (Å²) in [4.78, 5) is 12.0. The van der Waals surface area contributed by atoms with Crippen molar-refractivity contribution < 1.29 is 27.4 Å². The number of hydrogen-bond acceptors (Lipinski definition) is 4. The molecular weight excluding hydrogens is 505 g/mol. The summed E-state index contributed by atoms with van der Waals surface area (Å²) in [6.07, 6.45) is 6.93. The number of ether oxygens (including phenoxy) is 1. The van der Waals surface area contributed by atoms with Crippen LogP contribution in [0.5, 0.6) is 5.75 Å². The Morgan fingerprint density at radius 2 is 1.63 bits per heavy atom. The molecule has 1 fully saturated rings. The Morgan fingerprint density at radius 1 is 0.974 bits per heavy atom. The van der Waals surface area contributed by atoms with E-state index in [9.17, 15) is 18.3 Å². The number of fused-ring (bicyclic) bond motifs is 2. The van der Waals surface area contributed by atoms with Gasteiger partial charge in [-0.2, -0.15) is 0 Å². The molecule has 5 rings (SSSR count). The molecule has 0 radical (unpaired) electrons. The van der Waals surface area contributed by atoms with Gasteiger partial charge in [0.25, 0.3) is 0 Å². The predicted molar refractivity (Wildman–Crippen MR) is 146 cm³/mol. The Bertz CT molecular complexity index is 1380. The van der Waals surface area contributed by atoms with Gasteiger partial charge in [0, 0.05) is 18.7 Å². The molecule has 0 atom stereocenters. The van der Waals surface area contributed by atoms with E-state index in [-0.39, 0.29) is 11.7 Å². The van der Waals surface area contributed by atoms with E-state index in [2.05, 4.69) is 0 Å². The van der Waals surface area contributed by atoms with Crippen LogP contribution in [0.3, 0.4) is 0 Å². The molecule has 0 saturated heterocycles. The van der Waals surface area contributed by atoms with Crippen molar-refractivity contribution >= 4 is 16.0 Å². The molecule has 2 aliphatic heterocycles. The van der Waals surface area contributed by atoms with E-state index in [4.69, 9.17) is 4.74 Å². The fourth-order valence-electron chi connectivity index (χ4n) is 6.94. The summed E-state index contributed by atoms with van der Waals surface area (Å²) in [5.41, 5.74) is 7.88. The lowest BCUT2D eigenvalue weighted by Gasteiger charge is -2.28. The van der Waals surface area contributed by atoms with Crippen molar-refractivity contribution in [3.05, 3.63) is 50.8 Å². The quantitative estimate of drug-likeness (QED) is 0.544. The number of carboxylic acids is 1. The van der Waals surface area contributed by atoms with Crippen LogP contribution < -0.4 is 4.74 Å². The van der Waals surface area contributed by atoms with Crippen LogP contribution in [0, 0.1) is 26.6 Å². The van der Waals surface area contributed by atoms with Crippen LogP contribution >= 0.6 is 0 Å². The van der Waals surface area contributed by atoms with E-state index in [1.165, 1.54) is 6.07 Å². The van der Waals surface area contributed by atoms with Crippen LogP contribution in [-0.4, -0.2) is 48.7 Å². The van der Waals surface area contributed by atoms with E-state index >= 15 is 4.39 Å². The first-order valence-electron chi connectivity index (χ1n) is 13.9. The summed E-state index contributed by atoms with van der Waals surface area (Å²) in [5, 5.41) is 9.54. The summed E-state index contributed by atoms with van der Waals surface area (Å²) in [6.45, 7) is 7.20. The first-order valence-corrected chi connectivity index (χ1v) is 15.4. The van der Waals surface area contributed by atoms with Crippen LogP contribution in [0.1, 0.15) is 77.5 Å². The van der Waals surface area contributed by atoms with Crippen molar-refractivity contribution in [3.63, 3.8) is 0 Å². The van der Waals surface area contributed by atoms with Gasteiger partial charge in [0.2, 0.25) is 10.0 Å². The second-order valence-electron chi connectivity index (χ2n) is 11.1. The highest BCUT2D eigenvalue weighted by atomic mass is 32.2. The normalized spacial score (nSPS) is 18.8. The highest BCUT2D eigenvalue weighted by Gasteiger charge is 2.35. The molecule has 1 N–H and O–H groups in total. The largest absolute Gasteiger partial charge is 0.490 e. The van der Waals surface area contributed by atoms with E-state index in [1.807, 2.05) is 20.8 Å². The second kappa shape index (κ2) is 10.6. The van der Waals surface area contributed by atoms with Crippen LogP contribution in [-0.2, 0) is 40.5 Å². The molecule has 206 valence electrons. The van der Waals surface area contributed by atoms with Crippen LogP contribution in [0.25, 0.3) is 11.1 Å². The van der Waals surface area contributed by atoms with Crippen molar-refractivity contribution in [2.75, 3.05) is 19.7 Å². The van der Waals surface area contributed by atoms with E-state index in [0.717, 1.165) is 83.9 Å². The van der Waals surface area contributed by atoms with Gasteiger partial charge >= 0.3 is 5.97 Å². The minimum atomic E-state index is -3.39. The number of nitrogens with zero attached hydrogens (tertiary/aromatic N) is 1. The maximum atomic E-state index is 15.3. The number of halogens is 1. The molecular formula is C30H38FNO5S. The topological polar surface area (TPSA) is 83.9 Å². The van der Waals surface area contributed by atoms with Gasteiger partial charge in [0.15, 0.2) is 11.6 Å². The van der Waals surface area contributed by atoms with Crippen molar-refractivity contribution in [2.24, 2.45) is 0 Å². The highest BCUT2D eigenvalue weighted by Crippen LogP contribution is 2.43. The third-order valence-electron chi connectivity index (χ3n) is 8.99. The highest BCUT2D eigenvalue weighted by molar-refractivity contribution is 7.89. The standard InChI is InChI=1S/C30H38FNO5S/c1-18-22-11-13-32(38(35,36)21-8-5-4-6-9-21)14-12-23(22)20(3)29(26(18)17-28(33)34)25-16-27(31)30-24(19(25)2)10-7-15-37-30/h16,21H,4-15,17H2,1-3H3,(H,33,34). The SMILES string of the molecule is Cc1c(-c2c(C)c3c(c(C)c2CC(=O)O)CCN(S(=O)(=O)C2CCCCC2)CC3)cc(F)c2c1CCCO2. The van der Waals surface area contributed by atoms with Crippen molar-refractivity contribution in [2.45, 2.75) is 90.2 Å². The van der Waals surface area contributed by atoms with Gasteiger partial charge in [0.05, 0.1) is 18.3 Å². The summed E-state index contributed by atoms with van der Waals surface area (Å²) in [5.74, 6) is -1.05. The van der Waals surface area contributed by atoms with Crippen LogP contribution in [0.4, 0.5) is 4.39 Å². The zero-order chi connectivity index (χ0) is 27.2. The lowest BCUT2D eigenvalue weighted by Crippen LogP contribution is -2.41. The maximum absolute atomic E-state index is 15.3. The monoisotopic (exact) mass is 543 g/mol. The minimum absolute atomic E-state index is 0.173. The predicted octanol–water partition coefficient (Wildman–Crippen LogP) is 5.43. The number of sulfonamides is 1. The summed E-state index contributed by atoms with van der Waals surface area (Å²) < 4.78 is 49.6. The molecule has 38 heavy (non-hydrogen) atoms. The molecule has 1 saturated carbocycles. The van der Waals surface area contributed by atoms with E-state index in [0.29, 0.717) is 49.4 Å². The number of carbonyl (C=O) groups is 1. The molecule has 1 aliphatic carbocycles. The lowest BCUT2D eigenvalue weighted by atomic mass is 9.80. The van der Waals surface area contributed by atoms with Crippen LogP contribution in [0.15, 0.2) is 6.07 Å². The van der Waals surface area contributed by atoms with Gasteiger partial charge in [-0.3, -0.25) is 4.79 Å². The van der Waals surface area contributed by atoms with Gasteiger partial charge in [0.1, 0.15) is 0 Å². The first-order chi connectivity index (χ1) is 18.1. The lowest BCUT2D eigenvalue weighted by molar-refractivity contribution is -0.136. The van der Waals surface area contributed by atoms with Crippen molar-refractivity contribution in [1.82, 2.24) is 4.31 Å². The zero-order valence-corrected chi connectivity index (χ0v) is 23.5. The maximum Gasteiger partial charge on any atom is 0.307 e. The number of benzene rings is 2. The van der Waals surface area contributed by atoms with Crippen molar-refractivity contribution in [1.29, 1.82) is 0 Å². The Kier molecular flexibility index (Phi) is 7.57. The summed E-state index contributed by atoms with van der Waals surface area (Å²) >= 11 is 0. The summed E-state index contributed by atoms with van der Waals surface area (Å²) in [7, 11) is -3.39. The Balaban J connectivity index is 1.61. The molecule has 8 heteroatoms. The Morgan fingerprint density at radius 3 is 2.29 bits per heavy atom. The molecule has 2 aromatic carbocycles. The fraction of sp³-hybridized carbons (Fsp3) is 0.567. The first kappa shape index (κ1) is 27.1. The van der Waals surface area contributed by atoms with Crippen LogP contribution in [0.2, 0.25) is 0 Å². The smallest absolute Gasteiger partial charge is 0.307 e. The number of aliphatic carboxylic acids is 1. The van der Waals surface area contributed by atoms with Gasteiger partial charge in [-0.05, 0) is 110 Å². The molecule has 0 aromatic heterocycles. The average molecular weight is 544 g/mol. The van der Waals surface area contributed by atoms with E-state index < -0.39 is 21.8 Å². The molecule has 2 aromatic rings. The molecule has 2 heterocycles. The molecule has 0 amide bonds. The fourth-order valence-corrected chi connectivity index (χ4v) is 8.99. The minimum Gasteiger partial charge on any atom is -0.490 e. The van der Waals surface area contributed by atoms with Crippen molar-refractivity contribution in [3.8, 4) is 16.9 Å². The van der Waals surface area contributed by atoms with E-state index in [1.54, 1.807) is 4.31 Å². The second-order valence-corrected chi connectivity index (χ2v) is 13.3. The Hall–Kier alpha value is -2.45. The van der Waals surface area contributed by atoms with Gasteiger partial charge < -0.3 is 9.84 Å². The number of carboxylic acid groups (broad SMARTS) is 1. The third kappa shape index (κ3) is 4.75. The zero-order valence-electron chi connectivity index (χ0n) is 22.7. The number of rotatable bonds is 5. The van der Waals surface area contributed by atoms with Gasteiger partial charge in [-0.1, -0.05) is 19.3 Å². The Labute approximate surface area is 225 Å². The molecule has 0 bridgehead atoms. The molecule has 3 aliphatic rings. The third-order valence-corrected chi connectivity index (χ3v) is 11.4. The van der Waals surface area contributed by atoms with Gasteiger partial charge in [-0.15, -0.1) is 0 Å². The number of hydrogen-bond donors (Lipinski definition) is 1. The summed E-state index contributed by atoms with van der Waals surface area (Å²) in [6, 6.07) is 1.50. The molecule has 0 unspecified atom stereocenters. The average Bonchev–Trinajstić information content (AvgIpc) is 3.14.